The third-order valence-electron chi connectivity index (χ3n) is 3.21. The van der Waals surface area contributed by atoms with Crippen molar-refractivity contribution >= 4 is 34.8 Å². The number of benzene rings is 2. The molecule has 0 aromatic heterocycles. The maximum absolute atomic E-state index is 13.8. The van der Waals surface area contributed by atoms with Gasteiger partial charge in [0.25, 0.3) is 5.91 Å². The fourth-order valence-electron chi connectivity index (χ4n) is 2.24. The third-order valence-corrected chi connectivity index (χ3v) is 3.21. The Hall–Kier alpha value is -3.22. The van der Waals surface area contributed by atoms with E-state index in [9.17, 15) is 18.8 Å². The highest BCUT2D eigenvalue weighted by molar-refractivity contribution is 6.06. The van der Waals surface area contributed by atoms with Gasteiger partial charge in [-0.3, -0.25) is 14.4 Å². The molecule has 0 aliphatic heterocycles. The molecule has 0 fully saturated rings. The van der Waals surface area contributed by atoms with Gasteiger partial charge >= 0.3 is 0 Å². The second kappa shape index (κ2) is 7.57. The summed E-state index contributed by atoms with van der Waals surface area (Å²) in [4.78, 5) is 35.0. The monoisotopic (exact) mass is 343 g/mol. The highest BCUT2D eigenvalue weighted by Crippen LogP contribution is 2.22. The van der Waals surface area contributed by atoms with Crippen molar-refractivity contribution in [1.29, 1.82) is 0 Å². The van der Waals surface area contributed by atoms with Crippen LogP contribution < -0.4 is 16.0 Å². The Morgan fingerprint density at radius 3 is 1.92 bits per heavy atom. The van der Waals surface area contributed by atoms with E-state index in [1.165, 1.54) is 44.2 Å². The van der Waals surface area contributed by atoms with Gasteiger partial charge in [0.05, 0.1) is 5.69 Å². The van der Waals surface area contributed by atoms with Crippen molar-refractivity contribution in [3.8, 4) is 0 Å². The zero-order valence-corrected chi connectivity index (χ0v) is 14.1. The number of halogens is 1. The minimum absolute atomic E-state index is 0.0519. The molecular formula is C18H18FN3O3. The van der Waals surface area contributed by atoms with Crippen molar-refractivity contribution in [2.24, 2.45) is 0 Å². The summed E-state index contributed by atoms with van der Waals surface area (Å²) < 4.78 is 13.8. The normalized spacial score (nSPS) is 10.1. The lowest BCUT2D eigenvalue weighted by Crippen LogP contribution is -2.15. The van der Waals surface area contributed by atoms with Gasteiger partial charge in [-0.25, -0.2) is 4.39 Å². The smallest absolute Gasteiger partial charge is 0.255 e. The van der Waals surface area contributed by atoms with Crippen LogP contribution in [-0.4, -0.2) is 17.7 Å². The molecule has 2 aromatic rings. The summed E-state index contributed by atoms with van der Waals surface area (Å²) in [6.45, 7) is 4.43. The fourth-order valence-corrected chi connectivity index (χ4v) is 2.24. The minimum Gasteiger partial charge on any atom is -0.326 e. The maximum Gasteiger partial charge on any atom is 0.255 e. The largest absolute Gasteiger partial charge is 0.326 e. The predicted octanol–water partition coefficient (Wildman–Crippen LogP) is 3.30. The predicted molar refractivity (Wildman–Crippen MR) is 94.1 cm³/mol. The van der Waals surface area contributed by atoms with Crippen LogP contribution in [0, 0.1) is 12.7 Å². The Bertz CT molecular complexity index is 815. The zero-order chi connectivity index (χ0) is 18.6. The number of rotatable bonds is 4. The molecule has 0 spiro atoms. The fraction of sp³-hybridized carbons (Fsp3) is 0.167. The Morgan fingerprint density at radius 2 is 1.40 bits per heavy atom. The molecule has 0 saturated heterocycles. The van der Waals surface area contributed by atoms with E-state index < -0.39 is 11.7 Å². The summed E-state index contributed by atoms with van der Waals surface area (Å²) in [5.74, 6) is -1.77. The van der Waals surface area contributed by atoms with E-state index in [1.807, 2.05) is 0 Å². The molecule has 0 bridgehead atoms. The van der Waals surface area contributed by atoms with Crippen molar-refractivity contribution < 1.29 is 18.8 Å². The van der Waals surface area contributed by atoms with E-state index in [1.54, 1.807) is 13.0 Å². The molecule has 0 heterocycles. The van der Waals surface area contributed by atoms with E-state index in [2.05, 4.69) is 16.0 Å². The van der Waals surface area contributed by atoms with Crippen LogP contribution in [0.1, 0.15) is 29.8 Å². The topological polar surface area (TPSA) is 87.3 Å². The van der Waals surface area contributed by atoms with Gasteiger partial charge in [0, 0.05) is 30.8 Å². The van der Waals surface area contributed by atoms with Crippen molar-refractivity contribution in [2.75, 3.05) is 16.0 Å². The Morgan fingerprint density at radius 1 is 0.840 bits per heavy atom. The number of carbonyl (C=O) groups is 3. The molecule has 3 amide bonds. The van der Waals surface area contributed by atoms with Crippen molar-refractivity contribution in [3.63, 3.8) is 0 Å². The summed E-state index contributed by atoms with van der Waals surface area (Å²) in [6, 6.07) is 8.77. The molecule has 3 N–H and O–H groups in total. The van der Waals surface area contributed by atoms with Crippen LogP contribution in [0.2, 0.25) is 0 Å². The van der Waals surface area contributed by atoms with Crippen LogP contribution in [-0.2, 0) is 9.59 Å². The number of aryl methyl sites for hydroxylation is 1. The summed E-state index contributed by atoms with van der Waals surface area (Å²) in [7, 11) is 0. The molecule has 7 heteroatoms. The highest BCUT2D eigenvalue weighted by Gasteiger charge is 2.13. The Kier molecular flexibility index (Phi) is 5.49. The van der Waals surface area contributed by atoms with E-state index in [4.69, 9.17) is 0 Å². The first-order chi connectivity index (χ1) is 11.7. The lowest BCUT2D eigenvalue weighted by molar-refractivity contribution is -0.115. The molecule has 0 aliphatic carbocycles. The lowest BCUT2D eigenvalue weighted by atomic mass is 10.1. The molecule has 2 rings (SSSR count). The van der Waals surface area contributed by atoms with Crippen molar-refractivity contribution in [1.82, 2.24) is 0 Å². The van der Waals surface area contributed by atoms with Gasteiger partial charge in [-0.15, -0.1) is 0 Å². The van der Waals surface area contributed by atoms with Gasteiger partial charge in [-0.05, 0) is 42.8 Å². The van der Waals surface area contributed by atoms with Gasteiger partial charge in [-0.1, -0.05) is 6.07 Å². The van der Waals surface area contributed by atoms with Gasteiger partial charge < -0.3 is 16.0 Å². The third kappa shape index (κ3) is 5.13. The van der Waals surface area contributed by atoms with E-state index in [0.717, 1.165) is 5.56 Å². The molecule has 0 unspecified atom stereocenters. The lowest BCUT2D eigenvalue weighted by Gasteiger charge is -2.12. The summed E-state index contributed by atoms with van der Waals surface area (Å²) in [5, 5.41) is 7.60. The molecule has 0 saturated carbocycles. The number of nitrogens with one attached hydrogen (secondary N) is 3. The number of amides is 3. The number of carbonyl (C=O) groups excluding carboxylic acids is 3. The van der Waals surface area contributed by atoms with Crippen LogP contribution in [0.25, 0.3) is 0 Å². The number of hydrogen-bond donors (Lipinski definition) is 3. The van der Waals surface area contributed by atoms with Gasteiger partial charge in [-0.2, -0.15) is 0 Å². The van der Waals surface area contributed by atoms with Crippen LogP contribution in [0.5, 0.6) is 0 Å². The second-order valence-corrected chi connectivity index (χ2v) is 5.60. The van der Waals surface area contributed by atoms with Crippen LogP contribution in [0.15, 0.2) is 36.4 Å². The summed E-state index contributed by atoms with van der Waals surface area (Å²) in [5.41, 5.74) is 1.69. The number of anilines is 3. The summed E-state index contributed by atoms with van der Waals surface area (Å²) >= 11 is 0. The Labute approximate surface area is 144 Å². The Balaban J connectivity index is 2.34. The molecule has 0 atom stereocenters. The standard InChI is InChI=1S/C18H18FN3O3/c1-10-4-5-16(19)17(6-10)22-18(25)13-7-14(20-11(2)23)9-15(8-13)21-12(3)24/h4-9H,1-3H3,(H,20,23)(H,21,24)(H,22,25). The van der Waals surface area contributed by atoms with E-state index in [0.29, 0.717) is 11.4 Å². The minimum atomic E-state index is -0.566. The van der Waals surface area contributed by atoms with Crippen LogP contribution in [0.4, 0.5) is 21.5 Å². The molecule has 130 valence electrons. The summed E-state index contributed by atoms with van der Waals surface area (Å²) in [6.07, 6.45) is 0. The van der Waals surface area contributed by atoms with Gasteiger partial charge in [0.15, 0.2) is 0 Å². The average Bonchev–Trinajstić information content (AvgIpc) is 2.49. The quantitative estimate of drug-likeness (QED) is 0.796. The van der Waals surface area contributed by atoms with Crippen molar-refractivity contribution in [3.05, 3.63) is 53.3 Å². The zero-order valence-electron chi connectivity index (χ0n) is 14.1. The average molecular weight is 343 g/mol. The van der Waals surface area contributed by atoms with Gasteiger partial charge in [0.1, 0.15) is 5.82 Å². The number of hydrogen-bond acceptors (Lipinski definition) is 3. The first kappa shape index (κ1) is 18.1. The molecular weight excluding hydrogens is 325 g/mol. The first-order valence-electron chi connectivity index (χ1n) is 7.52. The van der Waals surface area contributed by atoms with E-state index >= 15 is 0 Å². The molecule has 25 heavy (non-hydrogen) atoms. The van der Waals surface area contributed by atoms with Gasteiger partial charge in [0.2, 0.25) is 11.8 Å². The van der Waals surface area contributed by atoms with Crippen LogP contribution in [0.3, 0.4) is 0 Å². The first-order valence-corrected chi connectivity index (χ1v) is 7.52. The SMILES string of the molecule is CC(=O)Nc1cc(NC(C)=O)cc(C(=O)Nc2cc(C)ccc2F)c1. The molecule has 6 nitrogen and oxygen atoms in total. The highest BCUT2D eigenvalue weighted by atomic mass is 19.1. The van der Waals surface area contributed by atoms with Crippen molar-refractivity contribution in [2.45, 2.75) is 20.8 Å². The van der Waals surface area contributed by atoms with Crippen LogP contribution >= 0.6 is 0 Å². The molecule has 0 aliphatic rings. The maximum atomic E-state index is 13.8. The molecule has 2 aromatic carbocycles. The molecule has 0 radical (unpaired) electrons. The van der Waals surface area contributed by atoms with E-state index in [-0.39, 0.29) is 23.1 Å². The second-order valence-electron chi connectivity index (χ2n) is 5.60.